The molecule has 18 heavy (non-hydrogen) atoms. The molecule has 0 atom stereocenters. The average Bonchev–Trinajstić information content (AvgIpc) is 2.40. The first-order valence-electron chi connectivity index (χ1n) is 5.87. The Morgan fingerprint density at radius 1 is 1.17 bits per heavy atom. The number of rotatable bonds is 4. The van der Waals surface area contributed by atoms with Crippen molar-refractivity contribution in [2.24, 2.45) is 0 Å². The molecule has 4 heteroatoms. The van der Waals surface area contributed by atoms with E-state index in [9.17, 15) is 5.11 Å². The molecule has 0 spiro atoms. The third-order valence-electron chi connectivity index (χ3n) is 2.60. The number of benzene rings is 1. The molecule has 1 aromatic carbocycles. The Kier molecular flexibility index (Phi) is 3.58. The number of hydrogen-bond donors (Lipinski definition) is 2. The number of nitrogens with one attached hydrogen (secondary N) is 1. The smallest absolute Gasteiger partial charge is 0.130 e. The highest BCUT2D eigenvalue weighted by Crippen LogP contribution is 2.19. The van der Waals surface area contributed by atoms with E-state index in [1.54, 1.807) is 0 Å². The fraction of sp³-hybridized carbons (Fsp3) is 0.286. The predicted molar refractivity (Wildman–Crippen MR) is 72.3 cm³/mol. The van der Waals surface area contributed by atoms with Crippen molar-refractivity contribution in [2.75, 3.05) is 11.9 Å². The van der Waals surface area contributed by atoms with Crippen molar-refractivity contribution in [2.45, 2.75) is 19.4 Å². The van der Waals surface area contributed by atoms with Crippen molar-refractivity contribution in [1.82, 2.24) is 9.97 Å². The van der Waals surface area contributed by atoms with Gasteiger partial charge in [-0.3, -0.25) is 0 Å². The van der Waals surface area contributed by atoms with Crippen molar-refractivity contribution in [3.63, 3.8) is 0 Å². The standard InChI is InChI=1S/C14H17N3O/c1-14(2,9-18)17-13-8-12(15-10-16-13)11-6-4-3-5-7-11/h3-8,10,18H,9H2,1-2H3,(H,15,16,17). The van der Waals surface area contributed by atoms with Crippen LogP contribution in [0.15, 0.2) is 42.7 Å². The van der Waals surface area contributed by atoms with Crippen LogP contribution in [0.2, 0.25) is 0 Å². The Labute approximate surface area is 107 Å². The van der Waals surface area contributed by atoms with E-state index < -0.39 is 5.54 Å². The van der Waals surface area contributed by atoms with Gasteiger partial charge in [0, 0.05) is 11.6 Å². The maximum atomic E-state index is 9.24. The molecule has 2 aromatic rings. The summed E-state index contributed by atoms with van der Waals surface area (Å²) in [7, 11) is 0. The van der Waals surface area contributed by atoms with E-state index in [-0.39, 0.29) is 6.61 Å². The van der Waals surface area contributed by atoms with Crippen LogP contribution in [0.3, 0.4) is 0 Å². The largest absolute Gasteiger partial charge is 0.394 e. The van der Waals surface area contributed by atoms with Crippen LogP contribution in [0, 0.1) is 0 Å². The normalized spacial score (nSPS) is 11.3. The SMILES string of the molecule is CC(C)(CO)Nc1cc(-c2ccccc2)ncn1. The first-order chi connectivity index (χ1) is 8.61. The first-order valence-corrected chi connectivity index (χ1v) is 5.87. The summed E-state index contributed by atoms with van der Waals surface area (Å²) in [6.45, 7) is 3.87. The van der Waals surface area contributed by atoms with Crippen LogP contribution < -0.4 is 5.32 Å². The summed E-state index contributed by atoms with van der Waals surface area (Å²) in [4.78, 5) is 8.42. The van der Waals surface area contributed by atoms with Gasteiger partial charge in [-0.05, 0) is 13.8 Å². The van der Waals surface area contributed by atoms with Crippen molar-refractivity contribution < 1.29 is 5.11 Å². The van der Waals surface area contributed by atoms with Gasteiger partial charge in [0.05, 0.1) is 17.8 Å². The second kappa shape index (κ2) is 5.14. The zero-order valence-corrected chi connectivity index (χ0v) is 10.6. The molecule has 2 rings (SSSR count). The molecule has 0 bridgehead atoms. The Bertz CT molecular complexity index is 511. The summed E-state index contributed by atoms with van der Waals surface area (Å²) in [6.07, 6.45) is 1.53. The molecule has 0 radical (unpaired) electrons. The van der Waals surface area contributed by atoms with Crippen LogP contribution in [-0.4, -0.2) is 27.2 Å². The lowest BCUT2D eigenvalue weighted by Gasteiger charge is -2.24. The molecule has 94 valence electrons. The maximum absolute atomic E-state index is 9.24. The van der Waals surface area contributed by atoms with Gasteiger partial charge < -0.3 is 10.4 Å². The molecule has 0 amide bonds. The second-order valence-corrected chi connectivity index (χ2v) is 4.82. The highest BCUT2D eigenvalue weighted by Gasteiger charge is 2.16. The molecule has 0 aliphatic carbocycles. The first kappa shape index (κ1) is 12.5. The van der Waals surface area contributed by atoms with E-state index in [0.717, 1.165) is 11.3 Å². The summed E-state index contributed by atoms with van der Waals surface area (Å²) in [6, 6.07) is 11.8. The number of aliphatic hydroxyl groups is 1. The van der Waals surface area contributed by atoms with Crippen LogP contribution in [0.4, 0.5) is 5.82 Å². The van der Waals surface area contributed by atoms with E-state index in [4.69, 9.17) is 0 Å². The molecule has 0 aliphatic heterocycles. The number of aromatic nitrogens is 2. The van der Waals surface area contributed by atoms with Gasteiger partial charge in [0.2, 0.25) is 0 Å². The molecule has 0 fully saturated rings. The van der Waals surface area contributed by atoms with E-state index in [0.29, 0.717) is 5.82 Å². The summed E-state index contributed by atoms with van der Waals surface area (Å²) in [5.74, 6) is 0.711. The predicted octanol–water partition coefficient (Wildman–Crippen LogP) is 2.33. The van der Waals surface area contributed by atoms with Crippen LogP contribution in [-0.2, 0) is 0 Å². The quantitative estimate of drug-likeness (QED) is 0.865. The second-order valence-electron chi connectivity index (χ2n) is 4.82. The molecule has 4 nitrogen and oxygen atoms in total. The fourth-order valence-corrected chi connectivity index (χ4v) is 1.58. The highest BCUT2D eigenvalue weighted by atomic mass is 16.3. The van der Waals surface area contributed by atoms with Crippen LogP contribution >= 0.6 is 0 Å². The molecular weight excluding hydrogens is 226 g/mol. The maximum Gasteiger partial charge on any atom is 0.130 e. The minimum absolute atomic E-state index is 0.0394. The van der Waals surface area contributed by atoms with Gasteiger partial charge >= 0.3 is 0 Å². The molecule has 1 aromatic heterocycles. The van der Waals surface area contributed by atoms with E-state index in [1.165, 1.54) is 6.33 Å². The van der Waals surface area contributed by atoms with Crippen LogP contribution in [0.1, 0.15) is 13.8 Å². The van der Waals surface area contributed by atoms with Crippen molar-refractivity contribution in [3.8, 4) is 11.3 Å². The Morgan fingerprint density at radius 3 is 2.56 bits per heavy atom. The van der Waals surface area contributed by atoms with Gasteiger partial charge in [-0.1, -0.05) is 30.3 Å². The average molecular weight is 243 g/mol. The van der Waals surface area contributed by atoms with Crippen molar-refractivity contribution in [3.05, 3.63) is 42.7 Å². The van der Waals surface area contributed by atoms with Gasteiger partial charge in [0.1, 0.15) is 12.1 Å². The Morgan fingerprint density at radius 2 is 1.89 bits per heavy atom. The lowest BCUT2D eigenvalue weighted by Crippen LogP contribution is -2.35. The van der Waals surface area contributed by atoms with Crippen molar-refractivity contribution >= 4 is 5.82 Å². The van der Waals surface area contributed by atoms with E-state index >= 15 is 0 Å². The zero-order valence-electron chi connectivity index (χ0n) is 10.6. The summed E-state index contributed by atoms with van der Waals surface area (Å²) in [5.41, 5.74) is 1.51. The van der Waals surface area contributed by atoms with Gasteiger partial charge in [-0.2, -0.15) is 0 Å². The number of hydrogen-bond acceptors (Lipinski definition) is 4. The van der Waals surface area contributed by atoms with E-state index in [1.807, 2.05) is 50.2 Å². The Balaban J connectivity index is 2.26. The minimum atomic E-state index is -0.400. The number of anilines is 1. The van der Waals surface area contributed by atoms with Gasteiger partial charge in [0.15, 0.2) is 0 Å². The molecule has 0 unspecified atom stereocenters. The minimum Gasteiger partial charge on any atom is -0.394 e. The number of nitrogens with zero attached hydrogens (tertiary/aromatic N) is 2. The lowest BCUT2D eigenvalue weighted by molar-refractivity contribution is 0.234. The van der Waals surface area contributed by atoms with Crippen LogP contribution in [0.5, 0.6) is 0 Å². The third-order valence-corrected chi connectivity index (χ3v) is 2.60. The van der Waals surface area contributed by atoms with Gasteiger partial charge in [-0.25, -0.2) is 9.97 Å². The lowest BCUT2D eigenvalue weighted by atomic mass is 10.1. The fourth-order valence-electron chi connectivity index (χ4n) is 1.58. The van der Waals surface area contributed by atoms with Gasteiger partial charge in [0.25, 0.3) is 0 Å². The van der Waals surface area contributed by atoms with Gasteiger partial charge in [-0.15, -0.1) is 0 Å². The molecular formula is C14H17N3O. The third kappa shape index (κ3) is 3.05. The highest BCUT2D eigenvalue weighted by molar-refractivity contribution is 5.62. The summed E-state index contributed by atoms with van der Waals surface area (Å²) < 4.78 is 0. The van der Waals surface area contributed by atoms with Crippen molar-refractivity contribution in [1.29, 1.82) is 0 Å². The Hall–Kier alpha value is -1.94. The monoisotopic (exact) mass is 243 g/mol. The molecule has 0 aliphatic rings. The zero-order chi connectivity index (χ0) is 13.0. The van der Waals surface area contributed by atoms with E-state index in [2.05, 4.69) is 15.3 Å². The number of aliphatic hydroxyl groups excluding tert-OH is 1. The molecule has 0 saturated heterocycles. The van der Waals surface area contributed by atoms with Crippen LogP contribution in [0.25, 0.3) is 11.3 Å². The molecule has 2 N–H and O–H groups in total. The molecule has 0 saturated carbocycles. The molecule has 1 heterocycles. The topological polar surface area (TPSA) is 58.0 Å². The summed E-state index contributed by atoms with van der Waals surface area (Å²) in [5, 5.41) is 12.4. The summed E-state index contributed by atoms with van der Waals surface area (Å²) >= 11 is 0.